The SMILES string of the molecule is CC(=O)c1ccc(C(=O)OCCCCCCO)c(O)c1C(C)=O. The van der Waals surface area contributed by atoms with E-state index >= 15 is 0 Å². The topological polar surface area (TPSA) is 101 Å². The predicted octanol–water partition coefficient (Wildman–Crippen LogP) is 2.51. The maximum Gasteiger partial charge on any atom is 0.341 e. The summed E-state index contributed by atoms with van der Waals surface area (Å²) in [5, 5.41) is 18.8. The number of hydrogen-bond acceptors (Lipinski definition) is 6. The molecule has 0 aliphatic carbocycles. The molecule has 6 nitrogen and oxygen atoms in total. The number of aromatic hydroxyl groups is 1. The molecule has 0 aliphatic rings. The largest absolute Gasteiger partial charge is 0.506 e. The first kappa shape index (κ1) is 18.8. The molecule has 0 unspecified atom stereocenters. The Balaban J connectivity index is 2.80. The Kier molecular flexibility index (Phi) is 7.41. The van der Waals surface area contributed by atoms with Crippen molar-refractivity contribution in [3.63, 3.8) is 0 Å². The summed E-state index contributed by atoms with van der Waals surface area (Å²) in [6.45, 7) is 2.83. The fraction of sp³-hybridized carbons (Fsp3) is 0.471. The maximum atomic E-state index is 12.0. The zero-order valence-corrected chi connectivity index (χ0v) is 13.4. The molecule has 0 fully saturated rings. The maximum absolute atomic E-state index is 12.0. The summed E-state index contributed by atoms with van der Waals surface area (Å²) in [4.78, 5) is 35.1. The number of rotatable bonds is 9. The van der Waals surface area contributed by atoms with E-state index in [0.717, 1.165) is 12.8 Å². The summed E-state index contributed by atoms with van der Waals surface area (Å²) in [6, 6.07) is 2.63. The molecule has 1 aromatic rings. The quantitative estimate of drug-likeness (QED) is 0.411. The van der Waals surface area contributed by atoms with Gasteiger partial charge in [-0.3, -0.25) is 9.59 Å². The molecule has 126 valence electrons. The van der Waals surface area contributed by atoms with Crippen LogP contribution in [0.4, 0.5) is 0 Å². The Hall–Kier alpha value is -2.21. The molecule has 0 atom stereocenters. The molecule has 0 radical (unpaired) electrons. The first-order valence-electron chi connectivity index (χ1n) is 7.56. The van der Waals surface area contributed by atoms with Crippen molar-refractivity contribution in [3.8, 4) is 5.75 Å². The number of aliphatic hydroxyl groups excluding tert-OH is 1. The van der Waals surface area contributed by atoms with E-state index in [9.17, 15) is 19.5 Å². The molecule has 1 rings (SSSR count). The van der Waals surface area contributed by atoms with Gasteiger partial charge in [0.1, 0.15) is 11.3 Å². The van der Waals surface area contributed by atoms with E-state index in [0.29, 0.717) is 12.8 Å². The number of carbonyl (C=O) groups excluding carboxylic acids is 3. The van der Waals surface area contributed by atoms with Gasteiger partial charge < -0.3 is 14.9 Å². The summed E-state index contributed by atoms with van der Waals surface area (Å²) in [6.07, 6.45) is 3.03. The highest BCUT2D eigenvalue weighted by molar-refractivity contribution is 6.11. The van der Waals surface area contributed by atoms with Crippen LogP contribution in [0, 0.1) is 0 Å². The van der Waals surface area contributed by atoms with Gasteiger partial charge in [0.25, 0.3) is 0 Å². The molecule has 0 saturated carbocycles. The lowest BCUT2D eigenvalue weighted by molar-refractivity contribution is 0.0493. The van der Waals surface area contributed by atoms with Crippen LogP contribution in [0.1, 0.15) is 70.6 Å². The molecule has 0 heterocycles. The number of benzene rings is 1. The van der Waals surface area contributed by atoms with Gasteiger partial charge in [-0.1, -0.05) is 6.42 Å². The van der Waals surface area contributed by atoms with Gasteiger partial charge in [0, 0.05) is 12.2 Å². The van der Waals surface area contributed by atoms with Gasteiger partial charge in [-0.2, -0.15) is 0 Å². The average Bonchev–Trinajstić information content (AvgIpc) is 2.49. The molecular formula is C17H22O6. The smallest absolute Gasteiger partial charge is 0.341 e. The van der Waals surface area contributed by atoms with E-state index in [1.807, 2.05) is 0 Å². The van der Waals surface area contributed by atoms with Gasteiger partial charge in [-0.15, -0.1) is 0 Å². The number of phenolic OH excluding ortho intramolecular Hbond substituents is 1. The van der Waals surface area contributed by atoms with Gasteiger partial charge >= 0.3 is 5.97 Å². The van der Waals surface area contributed by atoms with Crippen LogP contribution in [0.5, 0.6) is 5.75 Å². The molecule has 0 aliphatic heterocycles. The fourth-order valence-electron chi connectivity index (χ4n) is 2.22. The minimum absolute atomic E-state index is 0.0792. The standard InChI is InChI=1S/C17H22O6/c1-11(19)13-7-8-14(16(21)15(13)12(2)20)17(22)23-10-6-4-3-5-9-18/h7-8,18,21H,3-6,9-10H2,1-2H3. The van der Waals surface area contributed by atoms with E-state index in [4.69, 9.17) is 9.84 Å². The van der Waals surface area contributed by atoms with E-state index < -0.39 is 17.5 Å². The molecule has 2 N–H and O–H groups in total. The van der Waals surface area contributed by atoms with Gasteiger partial charge in [-0.25, -0.2) is 4.79 Å². The number of carbonyl (C=O) groups is 3. The first-order chi connectivity index (χ1) is 10.9. The van der Waals surface area contributed by atoms with Crippen LogP contribution in [-0.4, -0.2) is 41.0 Å². The van der Waals surface area contributed by atoms with E-state index in [1.54, 1.807) is 0 Å². The van der Waals surface area contributed by atoms with E-state index in [2.05, 4.69) is 0 Å². The number of ether oxygens (including phenoxy) is 1. The number of ketones is 2. The van der Waals surface area contributed by atoms with Crippen molar-refractivity contribution in [2.45, 2.75) is 39.5 Å². The summed E-state index contributed by atoms with van der Waals surface area (Å²) in [5.74, 6) is -2.11. The highest BCUT2D eigenvalue weighted by Crippen LogP contribution is 2.28. The highest BCUT2D eigenvalue weighted by atomic mass is 16.5. The minimum atomic E-state index is -0.734. The molecule has 0 aromatic heterocycles. The first-order valence-corrected chi connectivity index (χ1v) is 7.56. The van der Waals surface area contributed by atoms with Crippen molar-refractivity contribution in [1.29, 1.82) is 0 Å². The van der Waals surface area contributed by atoms with Crippen LogP contribution in [0.3, 0.4) is 0 Å². The number of unbranched alkanes of at least 4 members (excludes halogenated alkanes) is 3. The third-order valence-corrected chi connectivity index (χ3v) is 3.41. The Morgan fingerprint density at radius 2 is 1.57 bits per heavy atom. The lowest BCUT2D eigenvalue weighted by Gasteiger charge is -2.11. The van der Waals surface area contributed by atoms with Crippen LogP contribution in [-0.2, 0) is 4.74 Å². The normalized spacial score (nSPS) is 10.4. The molecule has 1 aromatic carbocycles. The van der Waals surface area contributed by atoms with Gasteiger partial charge in [0.05, 0.1) is 12.2 Å². The lowest BCUT2D eigenvalue weighted by atomic mass is 9.97. The van der Waals surface area contributed by atoms with Crippen LogP contribution < -0.4 is 0 Å². The molecule has 6 heteroatoms. The Morgan fingerprint density at radius 1 is 0.957 bits per heavy atom. The molecule has 23 heavy (non-hydrogen) atoms. The number of Topliss-reactive ketones (excluding diaryl/α,β-unsaturated/α-hetero) is 2. The Labute approximate surface area is 135 Å². The summed E-state index contributed by atoms with van der Waals surface area (Å²) < 4.78 is 5.07. The van der Waals surface area contributed by atoms with E-state index in [-0.39, 0.29) is 35.7 Å². The van der Waals surface area contributed by atoms with Crippen molar-refractivity contribution >= 4 is 17.5 Å². The number of esters is 1. The van der Waals surface area contributed by atoms with Crippen molar-refractivity contribution in [3.05, 3.63) is 28.8 Å². The van der Waals surface area contributed by atoms with Crippen LogP contribution >= 0.6 is 0 Å². The van der Waals surface area contributed by atoms with Crippen LogP contribution in [0.25, 0.3) is 0 Å². The third-order valence-electron chi connectivity index (χ3n) is 3.41. The second-order valence-corrected chi connectivity index (χ2v) is 5.27. The van der Waals surface area contributed by atoms with Crippen molar-refractivity contribution in [2.75, 3.05) is 13.2 Å². The minimum Gasteiger partial charge on any atom is -0.506 e. The summed E-state index contributed by atoms with van der Waals surface area (Å²) >= 11 is 0. The summed E-state index contributed by atoms with van der Waals surface area (Å²) in [7, 11) is 0. The highest BCUT2D eigenvalue weighted by Gasteiger charge is 2.22. The fourth-order valence-corrected chi connectivity index (χ4v) is 2.22. The molecule has 0 saturated heterocycles. The Morgan fingerprint density at radius 3 is 2.13 bits per heavy atom. The van der Waals surface area contributed by atoms with Crippen molar-refractivity contribution < 1.29 is 29.3 Å². The predicted molar refractivity (Wildman–Crippen MR) is 84.0 cm³/mol. The van der Waals surface area contributed by atoms with Crippen molar-refractivity contribution in [2.24, 2.45) is 0 Å². The monoisotopic (exact) mass is 322 g/mol. The van der Waals surface area contributed by atoms with Crippen LogP contribution in [0.15, 0.2) is 12.1 Å². The number of aliphatic hydroxyl groups is 1. The molecule has 0 amide bonds. The van der Waals surface area contributed by atoms with Gasteiger partial charge in [0.2, 0.25) is 0 Å². The average molecular weight is 322 g/mol. The number of phenols is 1. The molecule has 0 bridgehead atoms. The second kappa shape index (κ2) is 9.05. The lowest BCUT2D eigenvalue weighted by Crippen LogP contribution is -2.11. The van der Waals surface area contributed by atoms with Gasteiger partial charge in [0.15, 0.2) is 11.6 Å². The van der Waals surface area contributed by atoms with Crippen molar-refractivity contribution in [1.82, 2.24) is 0 Å². The Bertz CT molecular complexity index is 591. The molecule has 0 spiro atoms. The molecular weight excluding hydrogens is 300 g/mol. The second-order valence-electron chi connectivity index (χ2n) is 5.27. The van der Waals surface area contributed by atoms with Gasteiger partial charge in [-0.05, 0) is 45.2 Å². The zero-order valence-electron chi connectivity index (χ0n) is 13.4. The van der Waals surface area contributed by atoms with Crippen LogP contribution in [0.2, 0.25) is 0 Å². The number of hydrogen-bond donors (Lipinski definition) is 2. The third kappa shape index (κ3) is 5.17. The summed E-state index contributed by atoms with van der Waals surface area (Å²) in [5.41, 5.74) is -0.207. The van der Waals surface area contributed by atoms with E-state index in [1.165, 1.54) is 26.0 Å². The zero-order chi connectivity index (χ0) is 17.4.